The summed E-state index contributed by atoms with van der Waals surface area (Å²) in [7, 11) is 4.50. The molecule has 2 heterocycles. The number of aromatic amines is 1. The van der Waals surface area contributed by atoms with Gasteiger partial charge < -0.3 is 24.1 Å². The van der Waals surface area contributed by atoms with Crippen LogP contribution in [0.2, 0.25) is 0 Å². The van der Waals surface area contributed by atoms with Crippen molar-refractivity contribution in [1.29, 1.82) is 0 Å². The van der Waals surface area contributed by atoms with Crippen LogP contribution in [-0.4, -0.2) is 52.2 Å². The molecule has 0 amide bonds. The van der Waals surface area contributed by atoms with Crippen LogP contribution in [-0.2, 0) is 0 Å². The lowest BCUT2D eigenvalue weighted by Gasteiger charge is -2.14. The second-order valence-electron chi connectivity index (χ2n) is 6.51. The number of rotatable bonds is 7. The molecule has 11 nitrogen and oxygen atoms in total. The molecule has 4 rings (SSSR count). The van der Waals surface area contributed by atoms with Crippen molar-refractivity contribution in [3.05, 3.63) is 58.6 Å². The molecule has 0 spiro atoms. The maximum Gasteiger partial charge on any atom is 0.338 e. The molecule has 0 saturated carbocycles. The largest absolute Gasteiger partial charge is 0.493 e. The van der Waals surface area contributed by atoms with E-state index < -0.39 is 11.5 Å². The minimum atomic E-state index is -1.13. The number of hydrogen-bond donors (Lipinski definition) is 2. The van der Waals surface area contributed by atoms with Crippen LogP contribution in [0.15, 0.2) is 47.5 Å². The number of carbonyl (C=O) groups is 1. The molecule has 0 saturated heterocycles. The van der Waals surface area contributed by atoms with Gasteiger partial charge in [-0.1, -0.05) is 0 Å². The predicted octanol–water partition coefficient (Wildman–Crippen LogP) is 2.63. The van der Waals surface area contributed by atoms with Gasteiger partial charge in [-0.3, -0.25) is 9.78 Å². The van der Waals surface area contributed by atoms with Gasteiger partial charge in [-0.25, -0.2) is 14.5 Å². The van der Waals surface area contributed by atoms with Gasteiger partial charge in [0.25, 0.3) is 5.56 Å². The third kappa shape index (κ3) is 3.78. The lowest BCUT2D eigenvalue weighted by Crippen LogP contribution is -2.14. The van der Waals surface area contributed by atoms with Crippen LogP contribution >= 0.6 is 0 Å². The first-order chi connectivity index (χ1) is 15.4. The lowest BCUT2D eigenvalue weighted by atomic mass is 10.2. The van der Waals surface area contributed by atoms with Crippen LogP contribution in [0.1, 0.15) is 10.4 Å². The predicted molar refractivity (Wildman–Crippen MR) is 113 cm³/mol. The smallest absolute Gasteiger partial charge is 0.338 e. The number of methoxy groups -OCH3 is 3. The van der Waals surface area contributed by atoms with E-state index in [9.17, 15) is 9.59 Å². The van der Waals surface area contributed by atoms with Gasteiger partial charge in [-0.2, -0.15) is 5.10 Å². The van der Waals surface area contributed by atoms with Crippen LogP contribution in [0, 0.1) is 0 Å². The monoisotopic (exact) mass is 438 g/mol. The molecule has 2 aromatic carbocycles. The summed E-state index contributed by atoms with van der Waals surface area (Å²) < 4.78 is 23.0. The normalized spacial score (nSPS) is 10.7. The van der Waals surface area contributed by atoms with E-state index in [1.807, 2.05) is 0 Å². The average Bonchev–Trinajstić information content (AvgIpc) is 3.29. The van der Waals surface area contributed by atoms with E-state index in [2.05, 4.69) is 15.1 Å². The van der Waals surface area contributed by atoms with E-state index in [1.54, 1.807) is 30.3 Å². The summed E-state index contributed by atoms with van der Waals surface area (Å²) in [5, 5.41) is 13.2. The standard InChI is InChI=1S/C21H18N4O7/c1-29-16-7-13(8-17(30-2)18(16)31-3)32-12-4-5-15-14(6-12)19(26)24-21(23-15)25-10-11(9-22-25)20(27)28/h4-10H,1-3H3,(H,27,28)(H,23,24,26). The summed E-state index contributed by atoms with van der Waals surface area (Å²) in [6.07, 6.45) is 2.43. The number of nitrogens with one attached hydrogen (secondary N) is 1. The summed E-state index contributed by atoms with van der Waals surface area (Å²) >= 11 is 0. The van der Waals surface area contributed by atoms with Crippen molar-refractivity contribution in [1.82, 2.24) is 19.7 Å². The molecule has 2 N–H and O–H groups in total. The Labute approximate surface area is 180 Å². The molecule has 0 radical (unpaired) electrons. The summed E-state index contributed by atoms with van der Waals surface area (Å²) in [6.45, 7) is 0. The number of H-pyrrole nitrogens is 1. The number of fused-ring (bicyclic) bond motifs is 1. The average molecular weight is 438 g/mol. The van der Waals surface area contributed by atoms with Crippen molar-refractivity contribution in [2.24, 2.45) is 0 Å². The zero-order valence-corrected chi connectivity index (χ0v) is 17.3. The fourth-order valence-corrected chi connectivity index (χ4v) is 3.08. The van der Waals surface area contributed by atoms with E-state index in [1.165, 1.54) is 38.4 Å². The van der Waals surface area contributed by atoms with Gasteiger partial charge in [0.05, 0.1) is 44.0 Å². The van der Waals surface area contributed by atoms with Crippen LogP contribution in [0.5, 0.6) is 28.7 Å². The number of aromatic nitrogens is 4. The summed E-state index contributed by atoms with van der Waals surface area (Å²) in [5.41, 5.74) is -0.0806. The Kier molecular flexibility index (Phi) is 5.37. The van der Waals surface area contributed by atoms with Crippen LogP contribution in [0.4, 0.5) is 0 Å². The Morgan fingerprint density at radius 2 is 1.75 bits per heavy atom. The molecule has 0 aliphatic carbocycles. The molecule has 32 heavy (non-hydrogen) atoms. The highest BCUT2D eigenvalue weighted by molar-refractivity contribution is 5.87. The second-order valence-corrected chi connectivity index (χ2v) is 6.51. The van der Waals surface area contributed by atoms with E-state index >= 15 is 0 Å². The first-order valence-electron chi connectivity index (χ1n) is 9.23. The van der Waals surface area contributed by atoms with Gasteiger partial charge in [0.15, 0.2) is 11.5 Å². The van der Waals surface area contributed by atoms with Crippen molar-refractivity contribution in [3.8, 4) is 34.7 Å². The van der Waals surface area contributed by atoms with Gasteiger partial charge in [0.1, 0.15) is 11.5 Å². The number of carboxylic acid groups (broad SMARTS) is 1. The number of benzene rings is 2. The molecule has 0 aliphatic heterocycles. The second kappa shape index (κ2) is 8.30. The van der Waals surface area contributed by atoms with E-state index in [4.69, 9.17) is 24.1 Å². The molecule has 0 atom stereocenters. The Bertz CT molecular complexity index is 1350. The van der Waals surface area contributed by atoms with Crippen molar-refractivity contribution in [2.75, 3.05) is 21.3 Å². The number of carboxylic acids is 1. The van der Waals surface area contributed by atoms with Crippen molar-refractivity contribution in [2.45, 2.75) is 0 Å². The zero-order valence-electron chi connectivity index (χ0n) is 17.3. The summed E-state index contributed by atoms with van der Waals surface area (Å²) in [6, 6.07) is 8.07. The highest BCUT2D eigenvalue weighted by Gasteiger charge is 2.15. The highest BCUT2D eigenvalue weighted by atomic mass is 16.5. The molecule has 4 aromatic rings. The molecular weight excluding hydrogens is 420 g/mol. The molecule has 2 aromatic heterocycles. The minimum Gasteiger partial charge on any atom is -0.493 e. The SMILES string of the molecule is COc1cc(Oc2ccc3nc(-n4cc(C(=O)O)cn4)[nH]c(=O)c3c2)cc(OC)c1OC. The fraction of sp³-hybridized carbons (Fsp3) is 0.143. The first kappa shape index (κ1) is 20.7. The lowest BCUT2D eigenvalue weighted by molar-refractivity contribution is 0.0697. The molecule has 0 aliphatic rings. The molecule has 0 unspecified atom stereocenters. The number of ether oxygens (including phenoxy) is 4. The van der Waals surface area contributed by atoms with E-state index in [0.29, 0.717) is 34.3 Å². The summed E-state index contributed by atoms with van der Waals surface area (Å²) in [4.78, 5) is 30.6. The number of nitrogens with zero attached hydrogens (tertiary/aromatic N) is 3. The van der Waals surface area contributed by atoms with E-state index in [-0.39, 0.29) is 16.9 Å². The van der Waals surface area contributed by atoms with E-state index in [0.717, 1.165) is 0 Å². The molecular formula is C21H18N4O7. The minimum absolute atomic E-state index is 0.0261. The zero-order chi connectivity index (χ0) is 22.8. The van der Waals surface area contributed by atoms with Crippen LogP contribution in [0.25, 0.3) is 16.9 Å². The molecule has 11 heteroatoms. The summed E-state index contributed by atoms with van der Waals surface area (Å²) in [5.74, 6) is 1.04. The number of hydrogen-bond acceptors (Lipinski definition) is 8. The van der Waals surface area contributed by atoms with Crippen LogP contribution in [0.3, 0.4) is 0 Å². The van der Waals surface area contributed by atoms with Gasteiger partial charge in [0, 0.05) is 18.3 Å². The van der Waals surface area contributed by atoms with Gasteiger partial charge in [-0.05, 0) is 18.2 Å². The quantitative estimate of drug-likeness (QED) is 0.446. The van der Waals surface area contributed by atoms with Crippen molar-refractivity contribution >= 4 is 16.9 Å². The molecule has 0 fully saturated rings. The maximum absolute atomic E-state index is 12.6. The Hall–Kier alpha value is -4.54. The fourth-order valence-electron chi connectivity index (χ4n) is 3.08. The molecule has 0 bridgehead atoms. The van der Waals surface area contributed by atoms with Crippen LogP contribution < -0.4 is 24.5 Å². The topological polar surface area (TPSA) is 138 Å². The Morgan fingerprint density at radius 1 is 1.03 bits per heavy atom. The van der Waals surface area contributed by atoms with Gasteiger partial charge in [-0.15, -0.1) is 0 Å². The highest BCUT2D eigenvalue weighted by Crippen LogP contribution is 2.42. The van der Waals surface area contributed by atoms with Crippen molar-refractivity contribution < 1.29 is 28.8 Å². The number of aromatic carboxylic acids is 1. The van der Waals surface area contributed by atoms with Gasteiger partial charge in [0.2, 0.25) is 11.7 Å². The third-order valence-corrected chi connectivity index (χ3v) is 4.58. The first-order valence-corrected chi connectivity index (χ1v) is 9.23. The Balaban J connectivity index is 1.69. The third-order valence-electron chi connectivity index (χ3n) is 4.58. The van der Waals surface area contributed by atoms with Gasteiger partial charge >= 0.3 is 5.97 Å². The molecule has 164 valence electrons. The Morgan fingerprint density at radius 3 is 2.34 bits per heavy atom. The maximum atomic E-state index is 12.6. The van der Waals surface area contributed by atoms with Crippen molar-refractivity contribution in [3.63, 3.8) is 0 Å².